The van der Waals surface area contributed by atoms with E-state index in [2.05, 4.69) is 34.7 Å². The monoisotopic (exact) mass is 293 g/mol. The second-order valence-electron chi connectivity index (χ2n) is 5.70. The van der Waals surface area contributed by atoms with E-state index in [1.54, 1.807) is 11.3 Å². The Morgan fingerprint density at radius 2 is 2.30 bits per heavy atom. The average Bonchev–Trinajstić information content (AvgIpc) is 3.06. The van der Waals surface area contributed by atoms with Crippen LogP contribution in [0.5, 0.6) is 0 Å². The van der Waals surface area contributed by atoms with E-state index in [0.29, 0.717) is 0 Å². The third-order valence-corrected chi connectivity index (χ3v) is 5.21. The maximum Gasteiger partial charge on any atom is 0.241 e. The zero-order valence-electron chi connectivity index (χ0n) is 12.2. The summed E-state index contributed by atoms with van der Waals surface area (Å²) < 4.78 is 0. The van der Waals surface area contributed by atoms with Crippen molar-refractivity contribution in [2.45, 2.75) is 44.9 Å². The molecule has 2 atom stereocenters. The Balaban J connectivity index is 1.66. The van der Waals surface area contributed by atoms with Gasteiger partial charge in [0.25, 0.3) is 0 Å². The van der Waals surface area contributed by atoms with Gasteiger partial charge in [-0.15, -0.1) is 11.3 Å². The molecule has 2 fully saturated rings. The molecule has 5 heteroatoms. The lowest BCUT2D eigenvalue weighted by atomic mass is 10.3. The predicted octanol–water partition coefficient (Wildman–Crippen LogP) is 2.05. The molecule has 2 aliphatic rings. The number of nitrogens with zero attached hydrogens (tertiary/aromatic N) is 2. The molecule has 1 saturated heterocycles. The molecule has 0 bridgehead atoms. The fraction of sp³-hybridized carbons (Fsp3) is 0.667. The molecular formula is C15H23N3OS. The van der Waals surface area contributed by atoms with Gasteiger partial charge in [0, 0.05) is 24.0 Å². The third kappa shape index (κ3) is 2.75. The number of hydrogen-bond acceptors (Lipinski definition) is 4. The van der Waals surface area contributed by atoms with Crippen LogP contribution >= 0.6 is 11.3 Å². The van der Waals surface area contributed by atoms with Gasteiger partial charge in [-0.2, -0.15) is 0 Å². The summed E-state index contributed by atoms with van der Waals surface area (Å²) in [6.07, 6.45) is 2.71. The van der Waals surface area contributed by atoms with Gasteiger partial charge in [0.1, 0.15) is 6.17 Å². The van der Waals surface area contributed by atoms with Gasteiger partial charge in [-0.25, -0.2) is 0 Å². The Bertz CT molecular complexity index is 458. The molecule has 2 heterocycles. The zero-order valence-corrected chi connectivity index (χ0v) is 13.0. The van der Waals surface area contributed by atoms with Gasteiger partial charge in [0.15, 0.2) is 0 Å². The Morgan fingerprint density at radius 3 is 2.90 bits per heavy atom. The Kier molecular flexibility index (Phi) is 4.10. The van der Waals surface area contributed by atoms with Gasteiger partial charge in [0.05, 0.1) is 6.04 Å². The van der Waals surface area contributed by atoms with E-state index in [9.17, 15) is 4.79 Å². The van der Waals surface area contributed by atoms with Crippen LogP contribution in [0.1, 0.15) is 37.7 Å². The topological polar surface area (TPSA) is 35.6 Å². The normalized spacial score (nSPS) is 26.8. The largest absolute Gasteiger partial charge is 0.319 e. The van der Waals surface area contributed by atoms with Gasteiger partial charge in [0.2, 0.25) is 5.91 Å². The summed E-state index contributed by atoms with van der Waals surface area (Å²) in [5.41, 5.74) is 0. The fourth-order valence-electron chi connectivity index (χ4n) is 2.97. The highest BCUT2D eigenvalue weighted by Gasteiger charge is 2.38. The second kappa shape index (κ2) is 5.84. The Hall–Kier alpha value is -0.910. The minimum Gasteiger partial charge on any atom is -0.319 e. The number of rotatable bonds is 6. The van der Waals surface area contributed by atoms with Crippen LogP contribution < -0.4 is 5.32 Å². The van der Waals surface area contributed by atoms with E-state index in [-0.39, 0.29) is 18.1 Å². The molecule has 4 nitrogen and oxygen atoms in total. The molecule has 1 aromatic rings. The third-order valence-electron chi connectivity index (χ3n) is 4.28. The molecule has 1 aromatic heterocycles. The van der Waals surface area contributed by atoms with Crippen LogP contribution in [0.2, 0.25) is 0 Å². The Labute approximate surface area is 124 Å². The highest BCUT2D eigenvalue weighted by atomic mass is 32.1. The van der Waals surface area contributed by atoms with Crippen LogP contribution in [0.15, 0.2) is 17.5 Å². The van der Waals surface area contributed by atoms with E-state index in [1.807, 2.05) is 11.8 Å². The zero-order chi connectivity index (χ0) is 14.1. The smallest absolute Gasteiger partial charge is 0.241 e. The summed E-state index contributed by atoms with van der Waals surface area (Å²) in [6, 6.07) is 4.86. The summed E-state index contributed by atoms with van der Waals surface area (Å²) in [4.78, 5) is 18.1. The molecule has 110 valence electrons. The number of hydrogen-bond donors (Lipinski definition) is 1. The molecule has 0 spiro atoms. The van der Waals surface area contributed by atoms with Crippen molar-refractivity contribution in [3.8, 4) is 0 Å². The SMILES string of the molecule is CCN(CCN1C(=O)C(C)NC1c1cccs1)C1CC1. The Morgan fingerprint density at radius 1 is 1.50 bits per heavy atom. The van der Waals surface area contributed by atoms with Crippen molar-refractivity contribution in [1.29, 1.82) is 0 Å². The van der Waals surface area contributed by atoms with Crippen molar-refractivity contribution >= 4 is 17.2 Å². The van der Waals surface area contributed by atoms with E-state index in [0.717, 1.165) is 25.7 Å². The van der Waals surface area contributed by atoms with E-state index in [4.69, 9.17) is 0 Å². The summed E-state index contributed by atoms with van der Waals surface area (Å²) in [5.74, 6) is 0.232. The molecule has 2 unspecified atom stereocenters. The highest BCUT2D eigenvalue weighted by molar-refractivity contribution is 7.10. The van der Waals surface area contributed by atoms with Gasteiger partial charge in [-0.05, 0) is 37.8 Å². The second-order valence-corrected chi connectivity index (χ2v) is 6.68. The maximum atomic E-state index is 12.3. The van der Waals surface area contributed by atoms with E-state index in [1.165, 1.54) is 17.7 Å². The predicted molar refractivity (Wildman–Crippen MR) is 81.6 cm³/mol. The summed E-state index contributed by atoms with van der Waals surface area (Å²) in [7, 11) is 0. The number of amides is 1. The van der Waals surface area contributed by atoms with Crippen LogP contribution in [0.3, 0.4) is 0 Å². The van der Waals surface area contributed by atoms with Crippen LogP contribution in [0.4, 0.5) is 0 Å². The van der Waals surface area contributed by atoms with E-state index >= 15 is 0 Å². The molecule has 1 amide bonds. The molecule has 1 saturated carbocycles. The molecule has 3 rings (SSSR count). The first-order chi connectivity index (χ1) is 9.70. The molecule has 1 N–H and O–H groups in total. The minimum atomic E-state index is -0.0712. The molecular weight excluding hydrogens is 270 g/mol. The molecule has 0 radical (unpaired) electrons. The lowest BCUT2D eigenvalue weighted by Crippen LogP contribution is -2.39. The number of likely N-dealkylation sites (N-methyl/N-ethyl adjacent to an activating group) is 1. The standard InChI is InChI=1S/C15H23N3OS/c1-3-17(12-6-7-12)8-9-18-14(13-5-4-10-20-13)16-11(2)15(18)19/h4-5,10-12,14,16H,3,6-9H2,1-2H3. The van der Waals surface area contributed by atoms with Gasteiger partial charge in [-0.3, -0.25) is 15.0 Å². The summed E-state index contributed by atoms with van der Waals surface area (Å²) >= 11 is 1.72. The highest BCUT2D eigenvalue weighted by Crippen LogP contribution is 2.30. The van der Waals surface area contributed by atoms with Crippen molar-refractivity contribution in [3.05, 3.63) is 22.4 Å². The number of carbonyl (C=O) groups excluding carboxylic acids is 1. The number of thiophene rings is 1. The van der Waals surface area contributed by atoms with Crippen molar-refractivity contribution in [2.24, 2.45) is 0 Å². The summed E-state index contributed by atoms with van der Waals surface area (Å²) in [5, 5.41) is 5.49. The molecule has 0 aromatic carbocycles. The first-order valence-electron chi connectivity index (χ1n) is 7.54. The van der Waals surface area contributed by atoms with Gasteiger partial charge >= 0.3 is 0 Å². The number of carbonyl (C=O) groups is 1. The lowest BCUT2D eigenvalue weighted by molar-refractivity contribution is -0.130. The fourth-order valence-corrected chi connectivity index (χ4v) is 3.77. The van der Waals surface area contributed by atoms with Crippen molar-refractivity contribution < 1.29 is 4.79 Å². The van der Waals surface area contributed by atoms with Crippen molar-refractivity contribution in [1.82, 2.24) is 15.1 Å². The van der Waals surface area contributed by atoms with Gasteiger partial charge in [-0.1, -0.05) is 13.0 Å². The minimum absolute atomic E-state index is 0.0652. The van der Waals surface area contributed by atoms with Gasteiger partial charge < -0.3 is 4.90 Å². The first kappa shape index (κ1) is 14.0. The van der Waals surface area contributed by atoms with Crippen LogP contribution in [0, 0.1) is 0 Å². The first-order valence-corrected chi connectivity index (χ1v) is 8.42. The van der Waals surface area contributed by atoms with E-state index < -0.39 is 0 Å². The van der Waals surface area contributed by atoms with Crippen LogP contribution in [-0.4, -0.2) is 47.4 Å². The number of nitrogens with one attached hydrogen (secondary N) is 1. The average molecular weight is 293 g/mol. The van der Waals surface area contributed by atoms with Crippen molar-refractivity contribution in [2.75, 3.05) is 19.6 Å². The lowest BCUT2D eigenvalue weighted by Gasteiger charge is -2.27. The quantitative estimate of drug-likeness (QED) is 0.872. The summed E-state index contributed by atoms with van der Waals surface area (Å²) in [6.45, 7) is 7.06. The molecule has 1 aliphatic carbocycles. The van der Waals surface area contributed by atoms with Crippen molar-refractivity contribution in [3.63, 3.8) is 0 Å². The maximum absolute atomic E-state index is 12.3. The molecule has 20 heavy (non-hydrogen) atoms. The molecule has 1 aliphatic heterocycles. The van der Waals surface area contributed by atoms with Crippen LogP contribution in [0.25, 0.3) is 0 Å². The van der Waals surface area contributed by atoms with Crippen LogP contribution in [-0.2, 0) is 4.79 Å².